The number of benzene rings is 1. The lowest BCUT2D eigenvalue weighted by molar-refractivity contribution is 0.341. The maximum absolute atomic E-state index is 5.53. The molecule has 1 heterocycles. The first-order valence-electron chi connectivity index (χ1n) is 4.81. The van der Waals surface area contributed by atoms with E-state index < -0.39 is 0 Å². The number of hydrogen-bond donors (Lipinski definition) is 2. The average molecular weight is 220 g/mol. The topological polar surface area (TPSA) is 40.8 Å². The Morgan fingerprint density at radius 2 is 2.13 bits per heavy atom. The van der Waals surface area contributed by atoms with Crippen molar-refractivity contribution in [1.29, 1.82) is 0 Å². The molecule has 2 rings (SSSR count). The van der Waals surface area contributed by atoms with Gasteiger partial charge in [-0.2, -0.15) is 0 Å². The van der Waals surface area contributed by atoms with Gasteiger partial charge in [0.1, 0.15) is 5.75 Å². The fourth-order valence-electron chi connectivity index (χ4n) is 1.45. The van der Waals surface area contributed by atoms with Gasteiger partial charge in [-0.25, -0.2) is 0 Å². The van der Waals surface area contributed by atoms with Crippen molar-refractivity contribution in [3.8, 4) is 17.0 Å². The normalized spacial score (nSPS) is 10.2. The molecule has 1 aromatic heterocycles. The van der Waals surface area contributed by atoms with Gasteiger partial charge >= 0.3 is 0 Å². The summed E-state index contributed by atoms with van der Waals surface area (Å²) in [5.74, 6) is 0.866. The van der Waals surface area contributed by atoms with Gasteiger partial charge in [-0.1, -0.05) is 12.1 Å². The zero-order valence-corrected chi connectivity index (χ0v) is 9.23. The maximum atomic E-state index is 5.53. The van der Waals surface area contributed by atoms with Crippen molar-refractivity contribution in [2.75, 3.05) is 6.61 Å². The minimum absolute atomic E-state index is 0.622. The molecular weight excluding hydrogens is 208 g/mol. The highest BCUT2D eigenvalue weighted by Crippen LogP contribution is 2.27. The second-order valence-corrected chi connectivity index (χ2v) is 3.49. The molecule has 0 aliphatic carbocycles. The van der Waals surface area contributed by atoms with Crippen molar-refractivity contribution < 1.29 is 4.74 Å². The number of aromatic nitrogens is 2. The molecule has 2 N–H and O–H groups in total. The lowest BCUT2D eigenvalue weighted by Crippen LogP contribution is -1.93. The fourth-order valence-corrected chi connectivity index (χ4v) is 1.62. The van der Waals surface area contributed by atoms with Crippen LogP contribution in [0.25, 0.3) is 11.3 Å². The number of para-hydroxylation sites is 1. The molecule has 78 valence electrons. The van der Waals surface area contributed by atoms with Gasteiger partial charge in [0.05, 0.1) is 12.3 Å². The predicted molar refractivity (Wildman–Crippen MR) is 62.6 cm³/mol. The Labute approximate surface area is 93.1 Å². The Bertz CT molecular complexity index is 501. The summed E-state index contributed by atoms with van der Waals surface area (Å²) in [6.45, 7) is 2.62. The van der Waals surface area contributed by atoms with Gasteiger partial charge in [0.15, 0.2) is 4.77 Å². The molecule has 0 fully saturated rings. The summed E-state index contributed by atoms with van der Waals surface area (Å²) in [5, 5.41) is 0. The highest BCUT2D eigenvalue weighted by atomic mass is 32.1. The monoisotopic (exact) mass is 220 g/mol. The van der Waals surface area contributed by atoms with E-state index in [0.717, 1.165) is 17.0 Å². The third-order valence-corrected chi connectivity index (χ3v) is 2.29. The smallest absolute Gasteiger partial charge is 0.174 e. The predicted octanol–water partition coefficient (Wildman–Crippen LogP) is 3.14. The van der Waals surface area contributed by atoms with Gasteiger partial charge in [0.25, 0.3) is 0 Å². The van der Waals surface area contributed by atoms with E-state index in [1.54, 1.807) is 0 Å². The van der Waals surface area contributed by atoms with Gasteiger partial charge in [0, 0.05) is 11.8 Å². The van der Waals surface area contributed by atoms with Crippen molar-refractivity contribution >= 4 is 12.2 Å². The molecule has 1 aromatic carbocycles. The number of imidazole rings is 1. The summed E-state index contributed by atoms with van der Waals surface area (Å²) in [7, 11) is 0. The van der Waals surface area contributed by atoms with Crippen LogP contribution < -0.4 is 4.74 Å². The number of aromatic amines is 2. The molecular formula is C11H12N2OS. The van der Waals surface area contributed by atoms with Crippen LogP contribution in [0, 0.1) is 4.77 Å². The number of nitrogens with one attached hydrogen (secondary N) is 2. The molecule has 2 aromatic rings. The SMILES string of the molecule is CCOc1ccccc1-c1c[nH]c(=S)[nH]1. The van der Waals surface area contributed by atoms with Gasteiger partial charge in [-0.3, -0.25) is 0 Å². The van der Waals surface area contributed by atoms with Gasteiger partial charge < -0.3 is 14.7 Å². The molecule has 15 heavy (non-hydrogen) atoms. The van der Waals surface area contributed by atoms with Crippen LogP contribution in [-0.4, -0.2) is 16.6 Å². The molecule has 0 aliphatic rings. The first-order valence-corrected chi connectivity index (χ1v) is 5.22. The first kappa shape index (κ1) is 9.98. The Morgan fingerprint density at radius 1 is 1.33 bits per heavy atom. The van der Waals surface area contributed by atoms with Crippen molar-refractivity contribution in [2.45, 2.75) is 6.92 Å². The van der Waals surface area contributed by atoms with E-state index in [9.17, 15) is 0 Å². The standard InChI is InChI=1S/C11H12N2OS/c1-2-14-10-6-4-3-5-8(10)9-7-12-11(15)13-9/h3-7H,2H2,1H3,(H2,12,13,15). The summed E-state index contributed by atoms with van der Waals surface area (Å²) in [4.78, 5) is 6.01. The Hall–Kier alpha value is -1.55. The van der Waals surface area contributed by atoms with E-state index in [1.165, 1.54) is 0 Å². The molecule has 0 unspecified atom stereocenters. The van der Waals surface area contributed by atoms with Crippen LogP contribution in [-0.2, 0) is 0 Å². The molecule has 3 nitrogen and oxygen atoms in total. The number of hydrogen-bond acceptors (Lipinski definition) is 2. The summed E-state index contributed by atoms with van der Waals surface area (Å²) < 4.78 is 6.15. The lowest BCUT2D eigenvalue weighted by atomic mass is 10.1. The van der Waals surface area contributed by atoms with Crippen LogP contribution in [0.4, 0.5) is 0 Å². The van der Waals surface area contributed by atoms with E-state index in [2.05, 4.69) is 9.97 Å². The molecule has 0 saturated carbocycles. The quantitative estimate of drug-likeness (QED) is 0.780. The largest absolute Gasteiger partial charge is 0.493 e. The van der Waals surface area contributed by atoms with Crippen LogP contribution in [0.3, 0.4) is 0 Å². The van der Waals surface area contributed by atoms with Gasteiger partial charge in [-0.15, -0.1) is 0 Å². The van der Waals surface area contributed by atoms with E-state index in [-0.39, 0.29) is 0 Å². The summed E-state index contributed by atoms with van der Waals surface area (Å²) in [6, 6.07) is 7.87. The summed E-state index contributed by atoms with van der Waals surface area (Å²) in [5.41, 5.74) is 1.97. The minimum atomic E-state index is 0.622. The van der Waals surface area contributed by atoms with Crippen molar-refractivity contribution in [3.05, 3.63) is 35.2 Å². The third kappa shape index (κ3) is 2.10. The summed E-state index contributed by atoms with van der Waals surface area (Å²) >= 11 is 4.99. The number of rotatable bonds is 3. The zero-order valence-electron chi connectivity index (χ0n) is 8.41. The molecule has 0 atom stereocenters. The number of H-pyrrole nitrogens is 2. The molecule has 0 radical (unpaired) electrons. The van der Waals surface area contributed by atoms with Gasteiger partial charge in [-0.05, 0) is 31.3 Å². The maximum Gasteiger partial charge on any atom is 0.174 e. The lowest BCUT2D eigenvalue weighted by Gasteiger charge is -2.07. The molecule has 0 spiro atoms. The van der Waals surface area contributed by atoms with E-state index >= 15 is 0 Å². The van der Waals surface area contributed by atoms with Crippen LogP contribution in [0.2, 0.25) is 0 Å². The Morgan fingerprint density at radius 3 is 2.80 bits per heavy atom. The van der Waals surface area contributed by atoms with E-state index in [4.69, 9.17) is 17.0 Å². The van der Waals surface area contributed by atoms with E-state index in [1.807, 2.05) is 37.4 Å². The van der Waals surface area contributed by atoms with Crippen molar-refractivity contribution in [3.63, 3.8) is 0 Å². The third-order valence-electron chi connectivity index (χ3n) is 2.07. The minimum Gasteiger partial charge on any atom is -0.493 e. The van der Waals surface area contributed by atoms with E-state index in [0.29, 0.717) is 11.4 Å². The van der Waals surface area contributed by atoms with Gasteiger partial charge in [0.2, 0.25) is 0 Å². The highest BCUT2D eigenvalue weighted by Gasteiger charge is 2.05. The number of ether oxygens (including phenoxy) is 1. The summed E-state index contributed by atoms with van der Waals surface area (Å²) in [6.07, 6.45) is 1.85. The van der Waals surface area contributed by atoms with Crippen LogP contribution in [0.1, 0.15) is 6.92 Å². The Kier molecular flexibility index (Phi) is 2.87. The zero-order chi connectivity index (χ0) is 10.7. The van der Waals surface area contributed by atoms with Crippen molar-refractivity contribution in [1.82, 2.24) is 9.97 Å². The second-order valence-electron chi connectivity index (χ2n) is 3.09. The highest BCUT2D eigenvalue weighted by molar-refractivity contribution is 7.71. The molecule has 0 saturated heterocycles. The average Bonchev–Trinajstić information content (AvgIpc) is 2.66. The van der Waals surface area contributed by atoms with Crippen LogP contribution in [0.5, 0.6) is 5.75 Å². The van der Waals surface area contributed by atoms with Crippen LogP contribution in [0.15, 0.2) is 30.5 Å². The second kappa shape index (κ2) is 4.31. The Balaban J connectivity index is 2.47. The molecule has 0 aliphatic heterocycles. The molecule has 0 bridgehead atoms. The van der Waals surface area contributed by atoms with Crippen molar-refractivity contribution in [2.24, 2.45) is 0 Å². The molecule has 4 heteroatoms. The fraction of sp³-hybridized carbons (Fsp3) is 0.182. The molecule has 0 amide bonds. The van der Waals surface area contributed by atoms with Crippen LogP contribution >= 0.6 is 12.2 Å². The first-order chi connectivity index (χ1) is 7.31.